The number of rotatable bonds is 8. The molecule has 150 valence electrons. The summed E-state index contributed by atoms with van der Waals surface area (Å²) in [6.45, 7) is 4.19. The summed E-state index contributed by atoms with van der Waals surface area (Å²) in [7, 11) is 0. The van der Waals surface area contributed by atoms with Crippen LogP contribution in [-0.4, -0.2) is 55.8 Å². The Balaban J connectivity index is 1.29. The van der Waals surface area contributed by atoms with E-state index >= 15 is 0 Å². The van der Waals surface area contributed by atoms with Crippen molar-refractivity contribution in [2.24, 2.45) is 0 Å². The van der Waals surface area contributed by atoms with Crippen LogP contribution in [0.15, 0.2) is 48.5 Å². The molecule has 1 aliphatic rings. The molecule has 4 nitrogen and oxygen atoms in total. The van der Waals surface area contributed by atoms with Gasteiger partial charge in [0.05, 0.1) is 6.54 Å². The van der Waals surface area contributed by atoms with E-state index in [0.717, 1.165) is 37.6 Å². The molecule has 2 aromatic rings. The van der Waals surface area contributed by atoms with E-state index in [-0.39, 0.29) is 17.5 Å². The molecule has 2 aromatic carbocycles. The molecule has 0 radical (unpaired) electrons. The molecule has 0 aliphatic carbocycles. The highest BCUT2D eigenvalue weighted by Gasteiger charge is 2.19. The molecule has 0 bridgehead atoms. The van der Waals surface area contributed by atoms with E-state index in [0.29, 0.717) is 24.4 Å². The van der Waals surface area contributed by atoms with E-state index < -0.39 is 0 Å². The van der Waals surface area contributed by atoms with Crippen LogP contribution >= 0.6 is 11.8 Å². The maximum atomic E-state index is 13.5. The lowest BCUT2D eigenvalue weighted by molar-refractivity contribution is -0.122. The Morgan fingerprint density at radius 2 is 1.71 bits per heavy atom. The van der Waals surface area contributed by atoms with Gasteiger partial charge in [-0.25, -0.2) is 8.78 Å². The molecular formula is C21H25F2N3OS. The van der Waals surface area contributed by atoms with Gasteiger partial charge >= 0.3 is 0 Å². The van der Waals surface area contributed by atoms with Crippen molar-refractivity contribution in [2.75, 3.05) is 49.9 Å². The minimum atomic E-state index is -0.230. The van der Waals surface area contributed by atoms with Crippen molar-refractivity contribution < 1.29 is 13.6 Å². The molecule has 3 rings (SSSR count). The van der Waals surface area contributed by atoms with Crippen molar-refractivity contribution in [1.82, 2.24) is 10.2 Å². The fourth-order valence-electron chi connectivity index (χ4n) is 3.14. The summed E-state index contributed by atoms with van der Waals surface area (Å²) in [6.07, 6.45) is 0. The van der Waals surface area contributed by atoms with Gasteiger partial charge in [-0.3, -0.25) is 9.69 Å². The number of hydrogen-bond acceptors (Lipinski definition) is 4. The fraction of sp³-hybridized carbons (Fsp3) is 0.381. The number of nitrogens with one attached hydrogen (secondary N) is 1. The summed E-state index contributed by atoms with van der Waals surface area (Å²) < 4.78 is 26.6. The Morgan fingerprint density at radius 3 is 2.43 bits per heavy atom. The quantitative estimate of drug-likeness (QED) is 0.685. The monoisotopic (exact) mass is 405 g/mol. The lowest BCUT2D eigenvalue weighted by Gasteiger charge is -2.35. The molecule has 0 saturated carbocycles. The zero-order chi connectivity index (χ0) is 19.8. The number of thioether (sulfide) groups is 1. The number of anilines is 1. The Kier molecular flexibility index (Phi) is 7.68. The highest BCUT2D eigenvalue weighted by atomic mass is 32.2. The Bertz CT molecular complexity index is 765. The van der Waals surface area contributed by atoms with Crippen LogP contribution in [0.25, 0.3) is 0 Å². The third-order valence-electron chi connectivity index (χ3n) is 4.72. The molecule has 1 heterocycles. The van der Waals surface area contributed by atoms with E-state index in [9.17, 15) is 13.6 Å². The molecule has 0 spiro atoms. The standard InChI is InChI=1S/C21H25F2N3OS/c22-18-5-7-19(8-6-18)26-12-10-25(11-13-26)15-21(27)24-9-14-28-16-17-3-1-2-4-20(17)23/h1-8H,9-16H2,(H,24,27). The zero-order valence-corrected chi connectivity index (χ0v) is 16.6. The molecule has 0 aromatic heterocycles. The average Bonchev–Trinajstić information content (AvgIpc) is 2.70. The molecule has 0 atom stereocenters. The normalized spacial score (nSPS) is 14.9. The topological polar surface area (TPSA) is 35.6 Å². The van der Waals surface area contributed by atoms with Gasteiger partial charge in [-0.1, -0.05) is 18.2 Å². The van der Waals surface area contributed by atoms with Crippen LogP contribution < -0.4 is 10.2 Å². The summed E-state index contributed by atoms with van der Waals surface area (Å²) in [6, 6.07) is 13.3. The number of piperazine rings is 1. The number of benzene rings is 2. The van der Waals surface area contributed by atoms with E-state index in [1.165, 1.54) is 18.2 Å². The molecule has 0 unspecified atom stereocenters. The van der Waals surface area contributed by atoms with Crippen LogP contribution in [0, 0.1) is 11.6 Å². The summed E-state index contributed by atoms with van der Waals surface area (Å²) >= 11 is 1.61. The van der Waals surface area contributed by atoms with Gasteiger partial charge in [0, 0.05) is 49.9 Å². The van der Waals surface area contributed by atoms with Crippen molar-refractivity contribution in [3.05, 3.63) is 65.7 Å². The number of carbonyl (C=O) groups is 1. The Morgan fingerprint density at radius 1 is 1.00 bits per heavy atom. The highest BCUT2D eigenvalue weighted by Crippen LogP contribution is 2.17. The van der Waals surface area contributed by atoms with E-state index in [1.54, 1.807) is 36.0 Å². The van der Waals surface area contributed by atoms with Crippen LogP contribution in [0.4, 0.5) is 14.5 Å². The van der Waals surface area contributed by atoms with Crippen LogP contribution in [0.3, 0.4) is 0 Å². The minimum absolute atomic E-state index is 0.0155. The third kappa shape index (κ3) is 6.21. The maximum Gasteiger partial charge on any atom is 0.234 e. The third-order valence-corrected chi connectivity index (χ3v) is 5.72. The van der Waals surface area contributed by atoms with Crippen LogP contribution in [0.2, 0.25) is 0 Å². The largest absolute Gasteiger partial charge is 0.369 e. The first kappa shape index (κ1) is 20.6. The second kappa shape index (κ2) is 10.4. The summed E-state index contributed by atoms with van der Waals surface area (Å²) in [5.74, 6) is 0.957. The predicted octanol–water partition coefficient (Wildman–Crippen LogP) is 3.14. The smallest absolute Gasteiger partial charge is 0.234 e. The lowest BCUT2D eigenvalue weighted by Crippen LogP contribution is -2.49. The van der Waals surface area contributed by atoms with Crippen LogP contribution in [0.5, 0.6) is 0 Å². The fourth-order valence-corrected chi connectivity index (χ4v) is 3.98. The van der Waals surface area contributed by atoms with E-state index in [4.69, 9.17) is 0 Å². The minimum Gasteiger partial charge on any atom is -0.369 e. The summed E-state index contributed by atoms with van der Waals surface area (Å²) in [5, 5.41) is 2.93. The van der Waals surface area contributed by atoms with Gasteiger partial charge < -0.3 is 10.2 Å². The SMILES string of the molecule is O=C(CN1CCN(c2ccc(F)cc2)CC1)NCCSCc1ccccc1F. The highest BCUT2D eigenvalue weighted by molar-refractivity contribution is 7.98. The Hall–Kier alpha value is -2.12. The first-order valence-corrected chi connectivity index (χ1v) is 10.6. The zero-order valence-electron chi connectivity index (χ0n) is 15.7. The van der Waals surface area contributed by atoms with Crippen molar-refractivity contribution in [3.63, 3.8) is 0 Å². The second-order valence-electron chi connectivity index (χ2n) is 6.73. The molecule has 1 N–H and O–H groups in total. The van der Waals surface area contributed by atoms with E-state index in [1.807, 2.05) is 6.07 Å². The van der Waals surface area contributed by atoms with Crippen molar-refractivity contribution in [2.45, 2.75) is 5.75 Å². The maximum absolute atomic E-state index is 13.5. The van der Waals surface area contributed by atoms with Gasteiger partial charge in [-0.05, 0) is 35.9 Å². The molecule has 1 aliphatic heterocycles. The molecule has 1 amide bonds. The second-order valence-corrected chi connectivity index (χ2v) is 7.84. The number of amides is 1. The number of hydrogen-bond donors (Lipinski definition) is 1. The van der Waals surface area contributed by atoms with Crippen LogP contribution in [-0.2, 0) is 10.5 Å². The molecule has 28 heavy (non-hydrogen) atoms. The lowest BCUT2D eigenvalue weighted by atomic mass is 10.2. The van der Waals surface area contributed by atoms with Gasteiger partial charge in [-0.2, -0.15) is 11.8 Å². The van der Waals surface area contributed by atoms with Gasteiger partial charge in [0.25, 0.3) is 0 Å². The van der Waals surface area contributed by atoms with Crippen LogP contribution in [0.1, 0.15) is 5.56 Å². The molecule has 1 saturated heterocycles. The number of halogens is 2. The Labute approximate surface area is 168 Å². The van der Waals surface area contributed by atoms with Crippen molar-refractivity contribution in [3.8, 4) is 0 Å². The first-order valence-electron chi connectivity index (χ1n) is 9.42. The molecule has 1 fully saturated rings. The first-order chi connectivity index (χ1) is 13.6. The van der Waals surface area contributed by atoms with Crippen molar-refractivity contribution >= 4 is 23.4 Å². The summed E-state index contributed by atoms with van der Waals surface area (Å²) in [5.41, 5.74) is 1.70. The molecule has 7 heteroatoms. The van der Waals surface area contributed by atoms with Gasteiger partial charge in [0.15, 0.2) is 0 Å². The van der Waals surface area contributed by atoms with Gasteiger partial charge in [-0.15, -0.1) is 0 Å². The number of carbonyl (C=O) groups excluding carboxylic acids is 1. The number of nitrogens with zero attached hydrogens (tertiary/aromatic N) is 2. The predicted molar refractivity (Wildman–Crippen MR) is 111 cm³/mol. The van der Waals surface area contributed by atoms with Gasteiger partial charge in [0.1, 0.15) is 11.6 Å². The van der Waals surface area contributed by atoms with Crippen molar-refractivity contribution in [1.29, 1.82) is 0 Å². The summed E-state index contributed by atoms with van der Waals surface area (Å²) in [4.78, 5) is 16.4. The van der Waals surface area contributed by atoms with E-state index in [2.05, 4.69) is 15.1 Å². The van der Waals surface area contributed by atoms with Gasteiger partial charge in [0.2, 0.25) is 5.91 Å². The molecular weight excluding hydrogens is 380 g/mol. The average molecular weight is 406 g/mol.